The first kappa shape index (κ1) is 6.03. The maximum absolute atomic E-state index is 9.87. The zero-order valence-electron chi connectivity index (χ0n) is 3.18. The molecule has 0 saturated heterocycles. The van der Waals surface area contributed by atoms with Crippen LogP contribution in [0, 0.1) is 0 Å². The van der Waals surface area contributed by atoms with E-state index in [9.17, 15) is 4.79 Å². The van der Waals surface area contributed by atoms with Crippen molar-refractivity contribution in [2.45, 2.75) is 0 Å². The summed E-state index contributed by atoms with van der Waals surface area (Å²) in [5, 5.41) is 0. The summed E-state index contributed by atoms with van der Waals surface area (Å²) in [7, 11) is 0. The van der Waals surface area contributed by atoms with E-state index in [1.165, 1.54) is 0 Å². The van der Waals surface area contributed by atoms with Gasteiger partial charge in [0.1, 0.15) is 0 Å². The normalized spacial score (nSPS) is 6.83. The van der Waals surface area contributed by atoms with E-state index >= 15 is 0 Å². The van der Waals surface area contributed by atoms with Gasteiger partial charge >= 0.3 is 49.9 Å². The quantitative estimate of drug-likeness (QED) is 0.407. The number of hydrogen-bond donors (Lipinski definition) is 0. The molecule has 0 saturated carbocycles. The molecule has 0 spiro atoms. The molecule has 34 valence electrons. The van der Waals surface area contributed by atoms with Crippen LogP contribution in [0.4, 0.5) is 0 Å². The Kier molecular flexibility index (Phi) is 3.24. The molecule has 6 heavy (non-hydrogen) atoms. The first-order valence-corrected chi connectivity index (χ1v) is 2.69. The van der Waals surface area contributed by atoms with Crippen LogP contribution in [0.3, 0.4) is 0 Å². The molecule has 0 aliphatic carbocycles. The van der Waals surface area contributed by atoms with Crippen molar-refractivity contribution in [2.24, 2.45) is 0 Å². The molecule has 0 aliphatic rings. The minimum absolute atomic E-state index is 0.336. The Morgan fingerprint density at radius 1 is 2.00 bits per heavy atom. The molecule has 0 heterocycles. The summed E-state index contributed by atoms with van der Waals surface area (Å²) in [6, 6.07) is 0. The molecule has 0 aromatic rings. The van der Waals surface area contributed by atoms with E-state index in [0.29, 0.717) is 23.4 Å². The van der Waals surface area contributed by atoms with Crippen molar-refractivity contribution in [1.29, 1.82) is 0 Å². The van der Waals surface area contributed by atoms with Gasteiger partial charge in [0.05, 0.1) is 0 Å². The van der Waals surface area contributed by atoms with Crippen LogP contribution >= 0.6 is 0 Å². The Hall–Kier alpha value is 0.0282. The van der Waals surface area contributed by atoms with Gasteiger partial charge in [0.25, 0.3) is 0 Å². The van der Waals surface area contributed by atoms with Gasteiger partial charge in [-0.15, -0.1) is 0 Å². The molecular formula is C3H5O2Sb. The molecular weight excluding hydrogens is 190 g/mol. The second-order valence-electron chi connectivity index (χ2n) is 0.641. The van der Waals surface area contributed by atoms with Crippen molar-refractivity contribution >= 4 is 29.4 Å². The van der Waals surface area contributed by atoms with Gasteiger partial charge in [0.2, 0.25) is 0 Å². The summed E-state index contributed by atoms with van der Waals surface area (Å²) >= 11 is 0.516. The van der Waals surface area contributed by atoms with E-state index in [0.717, 1.165) is 6.08 Å². The Bertz CT molecular complexity index is 69.2. The van der Waals surface area contributed by atoms with Crippen molar-refractivity contribution in [3.63, 3.8) is 0 Å². The topological polar surface area (TPSA) is 26.3 Å². The number of carbonyl (C=O) groups is 1. The molecule has 0 unspecified atom stereocenters. The van der Waals surface area contributed by atoms with Gasteiger partial charge in [0.15, 0.2) is 0 Å². The standard InChI is InChI=1S/C3H4O2.Sb.2H/c1-2-3(4)5;;;/h2H,1H2,(H,4,5);;;/q;+1;;/p-1. The van der Waals surface area contributed by atoms with Crippen LogP contribution in [0.2, 0.25) is 0 Å². The fourth-order valence-electron chi connectivity index (χ4n) is 0.0481. The second-order valence-corrected chi connectivity index (χ2v) is 1.31. The second kappa shape index (κ2) is 3.23. The Balaban J connectivity index is 3.23. The summed E-state index contributed by atoms with van der Waals surface area (Å²) in [6.07, 6.45) is 1.14. The van der Waals surface area contributed by atoms with E-state index in [4.69, 9.17) is 0 Å². The predicted molar refractivity (Wildman–Crippen MR) is 24.8 cm³/mol. The molecule has 0 amide bonds. The molecule has 2 nitrogen and oxygen atoms in total. The van der Waals surface area contributed by atoms with Crippen LogP contribution in [0.5, 0.6) is 0 Å². The predicted octanol–water partition coefficient (Wildman–Crippen LogP) is -0.736. The Morgan fingerprint density at radius 2 is 2.50 bits per heavy atom. The number of rotatable bonds is 1. The summed E-state index contributed by atoms with van der Waals surface area (Å²) in [5.74, 6) is -0.336. The van der Waals surface area contributed by atoms with Crippen LogP contribution in [0.25, 0.3) is 0 Å². The fraction of sp³-hybridized carbons (Fsp3) is 0. The van der Waals surface area contributed by atoms with Crippen molar-refractivity contribution < 1.29 is 7.81 Å². The third kappa shape index (κ3) is 2.28. The first-order chi connectivity index (χ1) is 2.81. The van der Waals surface area contributed by atoms with Crippen molar-refractivity contribution in [3.8, 4) is 0 Å². The van der Waals surface area contributed by atoms with E-state index in [1.807, 2.05) is 0 Å². The zero-order valence-corrected chi connectivity index (χ0v) is 6.47. The zero-order chi connectivity index (χ0) is 4.99. The van der Waals surface area contributed by atoms with Gasteiger partial charge in [-0.3, -0.25) is 0 Å². The van der Waals surface area contributed by atoms with E-state index in [-0.39, 0.29) is 5.97 Å². The number of hydrogen-bond acceptors (Lipinski definition) is 2. The Morgan fingerprint density at radius 3 is 2.50 bits per heavy atom. The first-order valence-electron chi connectivity index (χ1n) is 1.34. The molecule has 0 fully saturated rings. The van der Waals surface area contributed by atoms with Crippen LogP contribution in [0.15, 0.2) is 12.7 Å². The third-order valence-electron chi connectivity index (χ3n) is 0.283. The molecule has 0 rings (SSSR count). The average molecular weight is 195 g/mol. The molecule has 0 aromatic carbocycles. The van der Waals surface area contributed by atoms with Crippen molar-refractivity contribution in [3.05, 3.63) is 12.7 Å². The summed E-state index contributed by atoms with van der Waals surface area (Å²) in [5.41, 5.74) is 0. The van der Waals surface area contributed by atoms with Gasteiger partial charge in [0, 0.05) is 0 Å². The van der Waals surface area contributed by atoms with Gasteiger partial charge in [-0.25, -0.2) is 0 Å². The average Bonchev–Trinajstić information content (AvgIpc) is 1.65. The van der Waals surface area contributed by atoms with E-state index in [1.54, 1.807) is 0 Å². The van der Waals surface area contributed by atoms with E-state index < -0.39 is 0 Å². The number of carbonyl (C=O) groups excluding carboxylic acids is 1. The van der Waals surface area contributed by atoms with Crippen LogP contribution in [-0.4, -0.2) is 29.4 Å². The molecule has 0 N–H and O–H groups in total. The maximum atomic E-state index is 9.87. The van der Waals surface area contributed by atoms with Crippen molar-refractivity contribution in [2.75, 3.05) is 0 Å². The Labute approximate surface area is 50.2 Å². The van der Waals surface area contributed by atoms with Crippen LogP contribution in [-0.2, 0) is 7.81 Å². The summed E-state index contributed by atoms with van der Waals surface area (Å²) in [4.78, 5) is 9.87. The molecule has 0 radical (unpaired) electrons. The summed E-state index contributed by atoms with van der Waals surface area (Å²) in [6.45, 7) is 3.18. The van der Waals surface area contributed by atoms with E-state index in [2.05, 4.69) is 9.59 Å². The fourth-order valence-corrected chi connectivity index (χ4v) is 0.323. The minimum atomic E-state index is -0.336. The molecule has 3 heteroatoms. The van der Waals surface area contributed by atoms with Crippen LogP contribution < -0.4 is 0 Å². The van der Waals surface area contributed by atoms with Gasteiger partial charge in [-0.1, -0.05) is 0 Å². The van der Waals surface area contributed by atoms with Gasteiger partial charge < -0.3 is 0 Å². The summed E-state index contributed by atoms with van der Waals surface area (Å²) < 4.78 is 4.27. The van der Waals surface area contributed by atoms with Crippen LogP contribution in [0.1, 0.15) is 0 Å². The SMILES string of the molecule is C=CC(=O)[O][SbH2]. The third-order valence-corrected chi connectivity index (χ3v) is 0.946. The molecule has 0 aromatic heterocycles. The molecule has 0 atom stereocenters. The molecule has 0 bridgehead atoms. The molecule has 0 aliphatic heterocycles. The van der Waals surface area contributed by atoms with Crippen molar-refractivity contribution in [1.82, 2.24) is 0 Å². The van der Waals surface area contributed by atoms with Gasteiger partial charge in [-0.05, 0) is 0 Å². The monoisotopic (exact) mass is 194 g/mol. The van der Waals surface area contributed by atoms with Gasteiger partial charge in [-0.2, -0.15) is 0 Å².